The van der Waals surface area contributed by atoms with Crippen molar-refractivity contribution in [3.63, 3.8) is 0 Å². The number of hydrogen-bond acceptors (Lipinski definition) is 3. The van der Waals surface area contributed by atoms with Gasteiger partial charge in [0.2, 0.25) is 0 Å². The Morgan fingerprint density at radius 2 is 2.11 bits per heavy atom. The van der Waals surface area contributed by atoms with Crippen molar-refractivity contribution < 1.29 is 0 Å². The molecule has 3 fully saturated rings. The smallest absolute Gasteiger partial charge is 0.0224 e. The molecular formula is C14H28ClN3. The summed E-state index contributed by atoms with van der Waals surface area (Å²) >= 11 is 0. The summed E-state index contributed by atoms with van der Waals surface area (Å²) in [7, 11) is 0. The first-order valence-electron chi connectivity index (χ1n) is 7.52. The number of piperazine rings is 1. The highest BCUT2D eigenvalue weighted by Gasteiger charge is 2.34. The van der Waals surface area contributed by atoms with Gasteiger partial charge in [-0.1, -0.05) is 0 Å². The predicted molar refractivity (Wildman–Crippen MR) is 78.5 cm³/mol. The molecule has 0 spiro atoms. The number of fused-ring (bicyclic) bond motifs is 1. The van der Waals surface area contributed by atoms with Crippen LogP contribution in [0.15, 0.2) is 0 Å². The maximum Gasteiger partial charge on any atom is 0.0224 e. The molecule has 3 aliphatic heterocycles. The van der Waals surface area contributed by atoms with Crippen LogP contribution in [0.3, 0.4) is 0 Å². The Hall–Kier alpha value is 0.170. The maximum atomic E-state index is 3.48. The first-order chi connectivity index (χ1) is 8.33. The van der Waals surface area contributed by atoms with Crippen molar-refractivity contribution in [3.05, 3.63) is 0 Å². The van der Waals surface area contributed by atoms with Crippen LogP contribution in [0.4, 0.5) is 0 Å². The Morgan fingerprint density at radius 3 is 2.89 bits per heavy atom. The molecule has 1 N–H and O–H groups in total. The molecule has 0 saturated carbocycles. The summed E-state index contributed by atoms with van der Waals surface area (Å²) in [5.41, 5.74) is 0. The van der Waals surface area contributed by atoms with E-state index in [9.17, 15) is 0 Å². The lowest BCUT2D eigenvalue weighted by atomic mass is 10.0. The van der Waals surface area contributed by atoms with E-state index in [4.69, 9.17) is 0 Å². The van der Waals surface area contributed by atoms with E-state index in [0.717, 1.165) is 18.0 Å². The summed E-state index contributed by atoms with van der Waals surface area (Å²) in [6, 6.07) is 1.66. The first kappa shape index (κ1) is 14.6. The van der Waals surface area contributed by atoms with Crippen molar-refractivity contribution in [2.75, 3.05) is 39.3 Å². The van der Waals surface area contributed by atoms with Crippen LogP contribution in [0.2, 0.25) is 0 Å². The summed E-state index contributed by atoms with van der Waals surface area (Å²) in [6.07, 6.45) is 5.67. The summed E-state index contributed by atoms with van der Waals surface area (Å²) in [4.78, 5) is 5.48. The molecule has 0 bridgehead atoms. The van der Waals surface area contributed by atoms with Gasteiger partial charge in [0.1, 0.15) is 0 Å². The molecule has 3 unspecified atom stereocenters. The van der Waals surface area contributed by atoms with Crippen LogP contribution >= 0.6 is 12.4 Å². The van der Waals surface area contributed by atoms with Crippen LogP contribution in [0, 0.1) is 5.92 Å². The van der Waals surface area contributed by atoms with Crippen LogP contribution in [0.5, 0.6) is 0 Å². The summed E-state index contributed by atoms with van der Waals surface area (Å²) in [5, 5.41) is 3.48. The second kappa shape index (κ2) is 6.56. The lowest BCUT2D eigenvalue weighted by Gasteiger charge is -2.42. The molecule has 18 heavy (non-hydrogen) atoms. The van der Waals surface area contributed by atoms with E-state index < -0.39 is 0 Å². The fraction of sp³-hybridized carbons (Fsp3) is 1.00. The molecule has 106 valence electrons. The monoisotopic (exact) mass is 273 g/mol. The molecule has 0 aromatic carbocycles. The van der Waals surface area contributed by atoms with Gasteiger partial charge in [-0.05, 0) is 64.7 Å². The Kier molecular flexibility index (Phi) is 5.31. The Morgan fingerprint density at radius 1 is 1.22 bits per heavy atom. The zero-order valence-corrected chi connectivity index (χ0v) is 12.4. The van der Waals surface area contributed by atoms with Crippen molar-refractivity contribution in [2.24, 2.45) is 5.92 Å². The van der Waals surface area contributed by atoms with Gasteiger partial charge in [-0.15, -0.1) is 12.4 Å². The molecule has 0 radical (unpaired) electrons. The topological polar surface area (TPSA) is 18.5 Å². The lowest BCUT2D eigenvalue weighted by Crippen LogP contribution is -2.55. The third-order valence-corrected chi connectivity index (χ3v) is 5.05. The molecule has 0 aliphatic carbocycles. The van der Waals surface area contributed by atoms with Crippen LogP contribution in [0.1, 0.15) is 32.6 Å². The van der Waals surface area contributed by atoms with Gasteiger partial charge in [0.15, 0.2) is 0 Å². The molecule has 0 aromatic rings. The molecule has 3 heterocycles. The third kappa shape index (κ3) is 3.19. The predicted octanol–water partition coefficient (Wildman–Crippen LogP) is 1.58. The van der Waals surface area contributed by atoms with Crippen LogP contribution in [0.25, 0.3) is 0 Å². The molecule has 3 nitrogen and oxygen atoms in total. The quantitative estimate of drug-likeness (QED) is 0.842. The zero-order valence-electron chi connectivity index (χ0n) is 11.6. The average molecular weight is 274 g/mol. The molecule has 3 aliphatic rings. The van der Waals surface area contributed by atoms with Gasteiger partial charge in [-0.2, -0.15) is 0 Å². The van der Waals surface area contributed by atoms with Crippen LogP contribution < -0.4 is 5.32 Å². The van der Waals surface area contributed by atoms with E-state index in [1.807, 2.05) is 0 Å². The number of nitrogens with one attached hydrogen (secondary N) is 1. The Bertz CT molecular complexity index is 255. The Labute approximate surface area is 118 Å². The van der Waals surface area contributed by atoms with Gasteiger partial charge in [-0.25, -0.2) is 0 Å². The molecular weight excluding hydrogens is 246 g/mol. The normalized spacial score (nSPS) is 37.5. The first-order valence-corrected chi connectivity index (χ1v) is 7.52. The minimum Gasteiger partial charge on any atom is -0.316 e. The molecule has 3 atom stereocenters. The number of nitrogens with zero attached hydrogens (tertiary/aromatic N) is 2. The molecule has 0 amide bonds. The molecule has 0 aromatic heterocycles. The molecule has 3 rings (SSSR count). The van der Waals surface area contributed by atoms with Crippen molar-refractivity contribution in [1.29, 1.82) is 0 Å². The summed E-state index contributed by atoms with van der Waals surface area (Å²) in [6.45, 7) is 10.3. The number of rotatable bonds is 3. The minimum atomic E-state index is 0. The number of halogens is 1. The highest BCUT2D eigenvalue weighted by Crippen LogP contribution is 2.25. The van der Waals surface area contributed by atoms with E-state index in [0.29, 0.717) is 0 Å². The van der Waals surface area contributed by atoms with Crippen molar-refractivity contribution in [2.45, 2.75) is 44.7 Å². The highest BCUT2D eigenvalue weighted by molar-refractivity contribution is 5.85. The molecule has 3 saturated heterocycles. The van der Waals surface area contributed by atoms with Gasteiger partial charge in [-0.3, -0.25) is 9.80 Å². The summed E-state index contributed by atoms with van der Waals surface area (Å²) in [5.74, 6) is 0.948. The van der Waals surface area contributed by atoms with Gasteiger partial charge < -0.3 is 5.32 Å². The van der Waals surface area contributed by atoms with E-state index >= 15 is 0 Å². The number of hydrogen-bond donors (Lipinski definition) is 1. The summed E-state index contributed by atoms with van der Waals surface area (Å²) < 4.78 is 0. The third-order valence-electron chi connectivity index (χ3n) is 5.05. The average Bonchev–Trinajstić information content (AvgIpc) is 2.95. The largest absolute Gasteiger partial charge is 0.316 e. The van der Waals surface area contributed by atoms with E-state index in [1.54, 1.807) is 0 Å². The SMILES string of the molecule is CC1CN2CCCC2CN1CCC1CCNC1.Cl. The van der Waals surface area contributed by atoms with Crippen LogP contribution in [-0.2, 0) is 0 Å². The zero-order chi connectivity index (χ0) is 11.7. The maximum absolute atomic E-state index is 3.48. The minimum absolute atomic E-state index is 0. The second-order valence-electron chi connectivity index (χ2n) is 6.28. The van der Waals surface area contributed by atoms with Gasteiger partial charge >= 0.3 is 0 Å². The van der Waals surface area contributed by atoms with Crippen molar-refractivity contribution in [1.82, 2.24) is 15.1 Å². The fourth-order valence-corrected chi connectivity index (χ4v) is 3.87. The highest BCUT2D eigenvalue weighted by atomic mass is 35.5. The van der Waals surface area contributed by atoms with Gasteiger partial charge in [0.05, 0.1) is 0 Å². The van der Waals surface area contributed by atoms with Gasteiger partial charge in [0.25, 0.3) is 0 Å². The van der Waals surface area contributed by atoms with Gasteiger partial charge in [0, 0.05) is 25.2 Å². The van der Waals surface area contributed by atoms with E-state index in [-0.39, 0.29) is 12.4 Å². The lowest BCUT2D eigenvalue weighted by molar-refractivity contribution is 0.0560. The second-order valence-corrected chi connectivity index (χ2v) is 6.28. The van der Waals surface area contributed by atoms with Crippen LogP contribution in [-0.4, -0.2) is 61.2 Å². The Balaban J connectivity index is 0.00000120. The van der Waals surface area contributed by atoms with Crippen molar-refractivity contribution >= 4 is 12.4 Å². The molecule has 4 heteroatoms. The van der Waals surface area contributed by atoms with E-state index in [2.05, 4.69) is 22.0 Å². The van der Waals surface area contributed by atoms with Crippen molar-refractivity contribution in [3.8, 4) is 0 Å². The fourth-order valence-electron chi connectivity index (χ4n) is 3.87. The van der Waals surface area contributed by atoms with E-state index in [1.165, 1.54) is 65.0 Å². The standard InChI is InChI=1S/C14H27N3.ClH/c1-12-10-17-7-2-3-14(17)11-16(12)8-5-13-4-6-15-9-13;/h12-15H,2-11H2,1H3;1H.